The van der Waals surface area contributed by atoms with Crippen molar-refractivity contribution in [1.29, 1.82) is 0 Å². The number of rotatable bonds is 6. The summed E-state index contributed by atoms with van der Waals surface area (Å²) in [5.41, 5.74) is 15.7. The van der Waals surface area contributed by atoms with Gasteiger partial charge in [0.25, 0.3) is 0 Å². The Kier molecular flexibility index (Phi) is 8.59. The molecule has 0 N–H and O–H groups in total. The van der Waals surface area contributed by atoms with Crippen LogP contribution in [0.2, 0.25) is 0 Å². The predicted molar refractivity (Wildman–Crippen MR) is 287 cm³/mol. The lowest BCUT2D eigenvalue weighted by atomic mass is 9.94. The summed E-state index contributed by atoms with van der Waals surface area (Å²) >= 11 is 0. The summed E-state index contributed by atoms with van der Waals surface area (Å²) in [6.45, 7) is 0. The van der Waals surface area contributed by atoms with Gasteiger partial charge < -0.3 is 9.13 Å². The van der Waals surface area contributed by atoms with Crippen molar-refractivity contribution in [3.63, 3.8) is 0 Å². The number of nitrogens with zero attached hydrogens (tertiary/aromatic N) is 3. The van der Waals surface area contributed by atoms with Crippen LogP contribution in [-0.4, -0.2) is 14.1 Å². The maximum absolute atomic E-state index is 5.27. The lowest BCUT2D eigenvalue weighted by Crippen LogP contribution is -1.96. The number of aromatic nitrogens is 3. The Morgan fingerprint density at radius 1 is 0.206 bits per heavy atom. The van der Waals surface area contributed by atoms with Crippen molar-refractivity contribution in [3.05, 3.63) is 249 Å². The first-order valence-electron chi connectivity index (χ1n) is 23.4. The monoisotopic (exact) mass is 863 g/mol. The highest BCUT2D eigenvalue weighted by atomic mass is 15.0. The second-order valence-electron chi connectivity index (χ2n) is 17.9. The molecule has 0 aliphatic heterocycles. The van der Waals surface area contributed by atoms with Crippen LogP contribution < -0.4 is 0 Å². The van der Waals surface area contributed by atoms with Crippen LogP contribution in [0, 0.1) is 0 Å². The number of hydrogen-bond donors (Lipinski definition) is 0. The Balaban J connectivity index is 0.892. The summed E-state index contributed by atoms with van der Waals surface area (Å²) in [5, 5.41) is 12.6. The van der Waals surface area contributed by atoms with Gasteiger partial charge in [0.15, 0.2) is 0 Å². The van der Waals surface area contributed by atoms with Crippen molar-refractivity contribution in [2.24, 2.45) is 0 Å². The van der Waals surface area contributed by atoms with Crippen LogP contribution in [-0.2, 0) is 0 Å². The highest BCUT2D eigenvalue weighted by molar-refractivity contribution is 6.25. The quantitative estimate of drug-likeness (QED) is 0.153. The van der Waals surface area contributed by atoms with Gasteiger partial charge in [0.05, 0.1) is 33.5 Å². The van der Waals surface area contributed by atoms with Crippen LogP contribution in [0.1, 0.15) is 0 Å². The minimum absolute atomic E-state index is 0.939. The molecule has 11 aromatic carbocycles. The zero-order valence-corrected chi connectivity index (χ0v) is 37.0. The van der Waals surface area contributed by atoms with Crippen LogP contribution in [0.5, 0.6) is 0 Å². The Labute approximate surface area is 393 Å². The fourth-order valence-corrected chi connectivity index (χ4v) is 10.9. The van der Waals surface area contributed by atoms with Gasteiger partial charge in [-0.1, -0.05) is 176 Å². The van der Waals surface area contributed by atoms with Gasteiger partial charge in [0.2, 0.25) is 0 Å². The van der Waals surface area contributed by atoms with Crippen molar-refractivity contribution in [3.8, 4) is 56.1 Å². The topological polar surface area (TPSA) is 22.8 Å². The molecule has 0 bridgehead atoms. The molecule has 0 saturated carbocycles. The first-order chi connectivity index (χ1) is 33.7. The molecule has 0 amide bonds. The van der Waals surface area contributed by atoms with Gasteiger partial charge in [-0.15, -0.1) is 0 Å². The highest BCUT2D eigenvalue weighted by Gasteiger charge is 2.18. The van der Waals surface area contributed by atoms with Crippen LogP contribution >= 0.6 is 0 Å². The zero-order valence-electron chi connectivity index (χ0n) is 37.0. The van der Waals surface area contributed by atoms with E-state index in [1.807, 2.05) is 0 Å². The van der Waals surface area contributed by atoms with Gasteiger partial charge in [-0.3, -0.25) is 0 Å². The van der Waals surface area contributed by atoms with Gasteiger partial charge >= 0.3 is 0 Å². The van der Waals surface area contributed by atoms with E-state index in [2.05, 4.69) is 258 Å². The molecule has 0 spiro atoms. The van der Waals surface area contributed by atoms with Gasteiger partial charge in [0.1, 0.15) is 0 Å². The second-order valence-corrected chi connectivity index (χ2v) is 17.9. The van der Waals surface area contributed by atoms with Crippen LogP contribution in [0.3, 0.4) is 0 Å². The van der Waals surface area contributed by atoms with Crippen molar-refractivity contribution in [2.75, 3.05) is 0 Å². The lowest BCUT2D eigenvalue weighted by molar-refractivity contribution is 1.18. The third-order valence-electron chi connectivity index (χ3n) is 14.1. The first-order valence-corrected chi connectivity index (χ1v) is 23.4. The lowest BCUT2D eigenvalue weighted by Gasteiger charge is -2.14. The van der Waals surface area contributed by atoms with Crippen molar-refractivity contribution < 1.29 is 0 Å². The maximum atomic E-state index is 5.27. The van der Waals surface area contributed by atoms with Crippen molar-refractivity contribution in [2.45, 2.75) is 0 Å². The molecular formula is C65H41N3. The summed E-state index contributed by atoms with van der Waals surface area (Å²) in [5.74, 6) is 0. The molecule has 3 aromatic heterocycles. The molecule has 0 aliphatic carbocycles. The minimum atomic E-state index is 0.939. The van der Waals surface area contributed by atoms with Crippen molar-refractivity contribution >= 4 is 75.9 Å². The zero-order chi connectivity index (χ0) is 44.7. The maximum Gasteiger partial charge on any atom is 0.0716 e. The molecule has 0 fully saturated rings. The summed E-state index contributed by atoms with van der Waals surface area (Å²) in [7, 11) is 0. The SMILES string of the molecule is c1ccc(-c2cc(-c3ccccc3)nc(-c3cccc(-n4c5ccccc5c5cc(-c6ccc7c(c6)c6ccccc6n7-c6ccc7c8ccccc8c8ccccc8c7c6)ccc54)c3)c2)cc1. The van der Waals surface area contributed by atoms with Gasteiger partial charge in [-0.2, -0.15) is 0 Å². The van der Waals surface area contributed by atoms with E-state index < -0.39 is 0 Å². The summed E-state index contributed by atoms with van der Waals surface area (Å²) < 4.78 is 4.85. The summed E-state index contributed by atoms with van der Waals surface area (Å²) in [6.07, 6.45) is 0. The predicted octanol–water partition coefficient (Wildman–Crippen LogP) is 17.4. The Morgan fingerprint density at radius 2 is 0.632 bits per heavy atom. The first kappa shape index (κ1) is 38.2. The average Bonchev–Trinajstić information content (AvgIpc) is 3.93. The molecule has 0 unspecified atom stereocenters. The van der Waals surface area contributed by atoms with Gasteiger partial charge in [0, 0.05) is 44.0 Å². The van der Waals surface area contributed by atoms with Crippen LogP contribution in [0.25, 0.3) is 132 Å². The number of pyridine rings is 1. The number of benzene rings is 11. The fourth-order valence-electron chi connectivity index (χ4n) is 10.9. The van der Waals surface area contributed by atoms with Gasteiger partial charge in [-0.05, 0) is 127 Å². The molecule has 14 aromatic rings. The third kappa shape index (κ3) is 6.03. The fraction of sp³-hybridized carbons (Fsp3) is 0. The highest BCUT2D eigenvalue weighted by Crippen LogP contribution is 2.41. The molecule has 3 nitrogen and oxygen atoms in total. The number of fused-ring (bicyclic) bond motifs is 12. The largest absolute Gasteiger partial charge is 0.309 e. The Bertz CT molecular complexity index is 4220. The van der Waals surface area contributed by atoms with E-state index in [0.717, 1.165) is 45.0 Å². The Morgan fingerprint density at radius 3 is 1.21 bits per heavy atom. The van der Waals surface area contributed by atoms with Crippen LogP contribution in [0.15, 0.2) is 249 Å². The average molecular weight is 864 g/mol. The van der Waals surface area contributed by atoms with E-state index >= 15 is 0 Å². The molecule has 316 valence electrons. The van der Waals surface area contributed by atoms with E-state index in [0.29, 0.717) is 0 Å². The summed E-state index contributed by atoms with van der Waals surface area (Å²) in [4.78, 5) is 5.27. The molecule has 0 radical (unpaired) electrons. The molecule has 3 heteroatoms. The van der Waals surface area contributed by atoms with E-state index in [-0.39, 0.29) is 0 Å². The van der Waals surface area contributed by atoms with E-state index in [4.69, 9.17) is 4.98 Å². The number of para-hydroxylation sites is 2. The molecular weight excluding hydrogens is 823 g/mol. The molecule has 14 rings (SSSR count). The second kappa shape index (κ2) is 15.3. The normalized spacial score (nSPS) is 11.8. The summed E-state index contributed by atoms with van der Waals surface area (Å²) in [6, 6.07) is 90.6. The Hall–Kier alpha value is -9.05. The third-order valence-corrected chi connectivity index (χ3v) is 14.1. The molecule has 0 atom stereocenters. The molecule has 68 heavy (non-hydrogen) atoms. The smallest absolute Gasteiger partial charge is 0.0716 e. The molecule has 0 aliphatic rings. The minimum Gasteiger partial charge on any atom is -0.309 e. The standard InChI is InChI=1S/C65H41N3/c1-3-16-42(17-4-1)47-39-60(43-18-5-2-6-19-43)66-61(40-47)46-20-15-21-48(36-46)67-62-28-13-11-26-55(62)58-37-44(30-34-64(58)67)45-31-35-65-59(38-45)56-27-12-14-29-63(56)68(65)49-32-33-54-52-24-8-7-22-50(52)51-23-9-10-25-53(51)57(54)41-49/h1-41H. The van der Waals surface area contributed by atoms with E-state index in [1.54, 1.807) is 0 Å². The van der Waals surface area contributed by atoms with E-state index in [9.17, 15) is 0 Å². The number of hydrogen-bond acceptors (Lipinski definition) is 1. The van der Waals surface area contributed by atoms with Crippen molar-refractivity contribution in [1.82, 2.24) is 14.1 Å². The van der Waals surface area contributed by atoms with E-state index in [1.165, 1.54) is 87.1 Å². The molecule has 0 saturated heterocycles. The molecule has 3 heterocycles. The van der Waals surface area contributed by atoms with Crippen LogP contribution in [0.4, 0.5) is 0 Å². The van der Waals surface area contributed by atoms with Gasteiger partial charge in [-0.25, -0.2) is 4.98 Å².